The molecule has 4 N–H and O–H groups in total. The molecule has 0 aromatic heterocycles. The van der Waals surface area contributed by atoms with Crippen molar-refractivity contribution in [2.45, 2.75) is 19.3 Å². The van der Waals surface area contributed by atoms with Gasteiger partial charge in [0.25, 0.3) is 0 Å². The molecule has 0 saturated heterocycles. The molecule has 0 aliphatic heterocycles. The number of primary sulfonamides is 1. The van der Waals surface area contributed by atoms with Crippen molar-refractivity contribution in [2.24, 2.45) is 17.0 Å². The van der Waals surface area contributed by atoms with E-state index in [2.05, 4.69) is 5.32 Å². The Morgan fingerprint density at radius 2 is 2.12 bits per heavy atom. The summed E-state index contributed by atoms with van der Waals surface area (Å²) in [4.78, 5) is 10.9. The third-order valence-corrected chi connectivity index (χ3v) is 3.72. The van der Waals surface area contributed by atoms with Gasteiger partial charge in [0.2, 0.25) is 10.0 Å². The van der Waals surface area contributed by atoms with Crippen LogP contribution >= 0.6 is 0 Å². The van der Waals surface area contributed by atoms with Gasteiger partial charge in [0.1, 0.15) is 0 Å². The molecule has 2 atom stereocenters. The lowest BCUT2D eigenvalue weighted by Gasteiger charge is -2.15. The quantitative estimate of drug-likeness (QED) is 0.543. The molecule has 94 valence electrons. The van der Waals surface area contributed by atoms with Crippen molar-refractivity contribution < 1.29 is 18.3 Å². The van der Waals surface area contributed by atoms with Crippen molar-refractivity contribution in [3.05, 3.63) is 0 Å². The highest BCUT2D eigenvalue weighted by Crippen LogP contribution is 2.31. The molecule has 1 aliphatic carbocycles. The molecular formula is C9H18N2O4S. The minimum absolute atomic E-state index is 0.109. The molecule has 16 heavy (non-hydrogen) atoms. The normalized spacial score (nSPS) is 25.8. The van der Waals surface area contributed by atoms with Gasteiger partial charge in [-0.2, -0.15) is 0 Å². The fourth-order valence-electron chi connectivity index (χ4n) is 2.11. The van der Waals surface area contributed by atoms with Crippen LogP contribution in [0.3, 0.4) is 0 Å². The van der Waals surface area contributed by atoms with Gasteiger partial charge in [0.05, 0.1) is 11.7 Å². The van der Waals surface area contributed by atoms with Crippen molar-refractivity contribution in [1.82, 2.24) is 5.32 Å². The van der Waals surface area contributed by atoms with Crippen LogP contribution in [0.4, 0.5) is 0 Å². The second-order valence-corrected chi connectivity index (χ2v) is 5.94. The summed E-state index contributed by atoms with van der Waals surface area (Å²) in [6.45, 7) is 0.828. The van der Waals surface area contributed by atoms with Crippen LogP contribution in [0.25, 0.3) is 0 Å². The van der Waals surface area contributed by atoms with Crippen LogP contribution < -0.4 is 10.5 Å². The number of nitrogens with two attached hydrogens (primary N) is 1. The summed E-state index contributed by atoms with van der Waals surface area (Å²) in [6, 6.07) is 0. The monoisotopic (exact) mass is 250 g/mol. The van der Waals surface area contributed by atoms with Gasteiger partial charge in [-0.1, -0.05) is 6.42 Å². The average Bonchev–Trinajstić information content (AvgIpc) is 2.58. The van der Waals surface area contributed by atoms with Crippen LogP contribution in [0.2, 0.25) is 0 Å². The van der Waals surface area contributed by atoms with Crippen molar-refractivity contribution >= 4 is 16.0 Å². The fourth-order valence-corrected chi connectivity index (χ4v) is 2.54. The molecule has 0 heterocycles. The van der Waals surface area contributed by atoms with Crippen molar-refractivity contribution in [2.75, 3.05) is 18.8 Å². The molecule has 1 fully saturated rings. The largest absolute Gasteiger partial charge is 0.481 e. The van der Waals surface area contributed by atoms with E-state index in [9.17, 15) is 13.2 Å². The maximum absolute atomic E-state index is 10.9. The molecule has 1 saturated carbocycles. The topological polar surface area (TPSA) is 109 Å². The van der Waals surface area contributed by atoms with E-state index in [-0.39, 0.29) is 24.1 Å². The number of carboxylic acid groups (broad SMARTS) is 1. The SMILES string of the molecule is NS(=O)(=O)CCNCC1CCCC1C(=O)O. The summed E-state index contributed by atoms with van der Waals surface area (Å²) in [5.74, 6) is -1.05. The first kappa shape index (κ1) is 13.4. The Kier molecular flexibility index (Phi) is 4.69. The molecule has 0 aromatic carbocycles. The molecule has 0 spiro atoms. The first-order chi connectivity index (χ1) is 7.40. The highest BCUT2D eigenvalue weighted by atomic mass is 32.2. The van der Waals surface area contributed by atoms with Crippen LogP contribution in [0.15, 0.2) is 0 Å². The van der Waals surface area contributed by atoms with E-state index in [0.717, 1.165) is 19.3 Å². The maximum Gasteiger partial charge on any atom is 0.306 e. The number of hydrogen-bond acceptors (Lipinski definition) is 4. The minimum atomic E-state index is -3.43. The predicted octanol–water partition coefficient (Wildman–Crippen LogP) is -0.635. The van der Waals surface area contributed by atoms with Gasteiger partial charge in [-0.3, -0.25) is 4.79 Å². The second-order valence-electron chi connectivity index (χ2n) is 4.21. The van der Waals surface area contributed by atoms with Crippen molar-refractivity contribution in [3.63, 3.8) is 0 Å². The molecule has 2 unspecified atom stereocenters. The Labute approximate surface area is 95.3 Å². The zero-order chi connectivity index (χ0) is 12.2. The lowest BCUT2D eigenvalue weighted by Crippen LogP contribution is -2.33. The Morgan fingerprint density at radius 3 is 2.69 bits per heavy atom. The van der Waals surface area contributed by atoms with Gasteiger partial charge < -0.3 is 10.4 Å². The van der Waals surface area contributed by atoms with Crippen LogP contribution in [-0.2, 0) is 14.8 Å². The lowest BCUT2D eigenvalue weighted by molar-refractivity contribution is -0.142. The van der Waals surface area contributed by atoms with Gasteiger partial charge in [-0.05, 0) is 25.3 Å². The molecule has 0 radical (unpaired) electrons. The molecular weight excluding hydrogens is 232 g/mol. The molecule has 0 amide bonds. The van der Waals surface area contributed by atoms with E-state index in [0.29, 0.717) is 6.54 Å². The number of hydrogen-bond donors (Lipinski definition) is 3. The Morgan fingerprint density at radius 1 is 1.44 bits per heavy atom. The number of carboxylic acids is 1. The van der Waals surface area contributed by atoms with Crippen LogP contribution in [0, 0.1) is 11.8 Å². The van der Waals surface area contributed by atoms with E-state index in [4.69, 9.17) is 10.2 Å². The van der Waals surface area contributed by atoms with Crippen LogP contribution in [0.1, 0.15) is 19.3 Å². The summed E-state index contributed by atoms with van der Waals surface area (Å²) in [6.07, 6.45) is 2.54. The van der Waals surface area contributed by atoms with E-state index < -0.39 is 16.0 Å². The zero-order valence-electron chi connectivity index (χ0n) is 9.05. The minimum Gasteiger partial charge on any atom is -0.481 e. The van der Waals surface area contributed by atoms with Gasteiger partial charge in [-0.15, -0.1) is 0 Å². The van der Waals surface area contributed by atoms with Gasteiger partial charge in [-0.25, -0.2) is 13.6 Å². The number of aliphatic carboxylic acids is 1. The average molecular weight is 250 g/mol. The zero-order valence-corrected chi connectivity index (χ0v) is 9.87. The van der Waals surface area contributed by atoms with Gasteiger partial charge in [0, 0.05) is 6.54 Å². The Balaban J connectivity index is 2.25. The molecule has 7 heteroatoms. The third kappa shape index (κ3) is 4.46. The van der Waals surface area contributed by atoms with Gasteiger partial charge in [0.15, 0.2) is 0 Å². The lowest BCUT2D eigenvalue weighted by atomic mass is 9.96. The van der Waals surface area contributed by atoms with Crippen LogP contribution in [0.5, 0.6) is 0 Å². The smallest absolute Gasteiger partial charge is 0.306 e. The second kappa shape index (κ2) is 5.60. The summed E-state index contributed by atoms with van der Waals surface area (Å²) < 4.78 is 21.3. The molecule has 1 aliphatic rings. The Hall–Kier alpha value is -0.660. The number of rotatable bonds is 6. The standard InChI is InChI=1S/C9H18N2O4S/c10-16(14,15)5-4-11-6-7-2-1-3-8(7)9(12)13/h7-8,11H,1-6H2,(H,12,13)(H2,10,14,15). The Bertz CT molecular complexity index is 341. The highest BCUT2D eigenvalue weighted by molar-refractivity contribution is 7.89. The number of carbonyl (C=O) groups is 1. The molecule has 0 bridgehead atoms. The van der Waals surface area contributed by atoms with Crippen molar-refractivity contribution in [1.29, 1.82) is 0 Å². The number of nitrogens with one attached hydrogen (secondary N) is 1. The predicted molar refractivity (Wildman–Crippen MR) is 59.3 cm³/mol. The van der Waals surface area contributed by atoms with Gasteiger partial charge >= 0.3 is 5.97 Å². The van der Waals surface area contributed by atoms with Crippen LogP contribution in [-0.4, -0.2) is 38.3 Å². The molecule has 6 nitrogen and oxygen atoms in total. The summed E-state index contributed by atoms with van der Waals surface area (Å²) in [5.41, 5.74) is 0. The number of sulfonamides is 1. The third-order valence-electron chi connectivity index (χ3n) is 2.95. The summed E-state index contributed by atoms with van der Waals surface area (Å²) in [5, 5.41) is 16.7. The fraction of sp³-hybridized carbons (Fsp3) is 0.889. The van der Waals surface area contributed by atoms with E-state index in [1.165, 1.54) is 0 Å². The van der Waals surface area contributed by atoms with E-state index in [1.54, 1.807) is 0 Å². The molecule has 1 rings (SSSR count). The highest BCUT2D eigenvalue weighted by Gasteiger charge is 2.32. The van der Waals surface area contributed by atoms with E-state index in [1.807, 2.05) is 0 Å². The van der Waals surface area contributed by atoms with E-state index >= 15 is 0 Å². The molecule has 0 aromatic rings. The first-order valence-electron chi connectivity index (χ1n) is 5.34. The van der Waals surface area contributed by atoms with Crippen molar-refractivity contribution in [3.8, 4) is 0 Å². The summed E-state index contributed by atoms with van der Waals surface area (Å²) >= 11 is 0. The first-order valence-corrected chi connectivity index (χ1v) is 7.05. The summed E-state index contributed by atoms with van der Waals surface area (Å²) in [7, 11) is -3.43. The maximum atomic E-state index is 10.9.